The molecule has 8 heteroatoms. The van der Waals surface area contributed by atoms with Crippen molar-refractivity contribution in [1.29, 1.82) is 0 Å². The second-order valence-corrected chi connectivity index (χ2v) is 7.84. The van der Waals surface area contributed by atoms with E-state index in [-0.39, 0.29) is 12.5 Å². The van der Waals surface area contributed by atoms with Crippen molar-refractivity contribution < 1.29 is 22.7 Å². The molecule has 0 saturated carbocycles. The highest BCUT2D eigenvalue weighted by atomic mass is 32.2. The fraction of sp³-hybridized carbons (Fsp3) is 0.278. The van der Waals surface area contributed by atoms with Gasteiger partial charge in [-0.1, -0.05) is 24.3 Å². The molecule has 2 aromatic carbocycles. The zero-order valence-electron chi connectivity index (χ0n) is 14.5. The lowest BCUT2D eigenvalue weighted by atomic mass is 10.2. The minimum Gasteiger partial charge on any atom is -0.497 e. The lowest BCUT2D eigenvalue weighted by Gasteiger charge is -2.33. The third-order valence-corrected chi connectivity index (χ3v) is 5.20. The Morgan fingerprint density at radius 2 is 1.92 bits per heavy atom. The summed E-state index contributed by atoms with van der Waals surface area (Å²) in [6.45, 7) is 0.244. The van der Waals surface area contributed by atoms with Crippen molar-refractivity contribution in [2.45, 2.75) is 12.6 Å². The topological polar surface area (TPSA) is 84.9 Å². The van der Waals surface area contributed by atoms with Crippen molar-refractivity contribution in [2.24, 2.45) is 0 Å². The number of amides is 1. The molecule has 1 amide bonds. The first kappa shape index (κ1) is 18.1. The Balaban J connectivity index is 1.71. The molecule has 1 N–H and O–H groups in total. The molecule has 7 nitrogen and oxygen atoms in total. The first-order valence-corrected chi connectivity index (χ1v) is 9.87. The van der Waals surface area contributed by atoms with Crippen LogP contribution >= 0.6 is 0 Å². The van der Waals surface area contributed by atoms with Gasteiger partial charge in [-0.05, 0) is 29.8 Å². The number of carbonyl (C=O) groups is 1. The molecule has 2 aromatic rings. The summed E-state index contributed by atoms with van der Waals surface area (Å²) in [5.74, 6) is 0.730. The van der Waals surface area contributed by atoms with Crippen molar-refractivity contribution in [3.05, 3.63) is 54.1 Å². The van der Waals surface area contributed by atoms with Crippen LogP contribution in [-0.4, -0.2) is 40.3 Å². The SMILES string of the molecule is COc1ccc(CNC(=O)[C@@H]2CN(S(C)(=O)=O)c3ccccc3O2)cc1. The maximum atomic E-state index is 12.5. The maximum absolute atomic E-state index is 12.5. The number of anilines is 1. The van der Waals surface area contributed by atoms with Crippen LogP contribution in [0.15, 0.2) is 48.5 Å². The molecule has 0 aromatic heterocycles. The van der Waals surface area contributed by atoms with E-state index in [0.29, 0.717) is 18.0 Å². The van der Waals surface area contributed by atoms with Crippen molar-refractivity contribution in [3.63, 3.8) is 0 Å². The second-order valence-electron chi connectivity index (χ2n) is 5.93. The van der Waals surface area contributed by atoms with Crippen LogP contribution in [0.3, 0.4) is 0 Å². The normalized spacial score (nSPS) is 16.4. The summed E-state index contributed by atoms with van der Waals surface area (Å²) >= 11 is 0. The van der Waals surface area contributed by atoms with Gasteiger partial charge in [-0.2, -0.15) is 0 Å². The van der Waals surface area contributed by atoms with Gasteiger partial charge in [-0.15, -0.1) is 0 Å². The third-order valence-electron chi connectivity index (χ3n) is 4.05. The van der Waals surface area contributed by atoms with Crippen molar-refractivity contribution >= 4 is 21.6 Å². The Labute approximate surface area is 152 Å². The maximum Gasteiger partial charge on any atom is 0.263 e. The Kier molecular flexibility index (Phi) is 5.03. The second kappa shape index (κ2) is 7.25. The summed E-state index contributed by atoms with van der Waals surface area (Å²) in [5.41, 5.74) is 1.34. The van der Waals surface area contributed by atoms with Crippen LogP contribution in [0.4, 0.5) is 5.69 Å². The Bertz CT molecular complexity index is 896. The van der Waals surface area contributed by atoms with E-state index in [0.717, 1.165) is 17.6 Å². The number of benzene rings is 2. The minimum absolute atomic E-state index is 0.0652. The molecule has 0 bridgehead atoms. The van der Waals surface area contributed by atoms with Crippen LogP contribution in [0.2, 0.25) is 0 Å². The number of fused-ring (bicyclic) bond motifs is 1. The van der Waals surface area contributed by atoms with Gasteiger partial charge in [0.1, 0.15) is 11.5 Å². The van der Waals surface area contributed by atoms with E-state index < -0.39 is 16.1 Å². The van der Waals surface area contributed by atoms with Crippen molar-refractivity contribution in [3.8, 4) is 11.5 Å². The zero-order chi connectivity index (χ0) is 18.7. The molecule has 0 unspecified atom stereocenters. The van der Waals surface area contributed by atoms with Gasteiger partial charge in [0.2, 0.25) is 10.0 Å². The van der Waals surface area contributed by atoms with E-state index in [2.05, 4.69) is 5.32 Å². The summed E-state index contributed by atoms with van der Waals surface area (Å²) in [5, 5.41) is 2.78. The van der Waals surface area contributed by atoms with E-state index in [9.17, 15) is 13.2 Å². The first-order chi connectivity index (χ1) is 12.4. The average molecular weight is 376 g/mol. The van der Waals surface area contributed by atoms with Crippen molar-refractivity contribution in [2.75, 3.05) is 24.2 Å². The lowest BCUT2D eigenvalue weighted by Crippen LogP contribution is -2.50. The van der Waals surface area contributed by atoms with Crippen LogP contribution < -0.4 is 19.1 Å². The highest BCUT2D eigenvalue weighted by molar-refractivity contribution is 7.92. The standard InChI is InChI=1S/C18H20N2O5S/c1-24-14-9-7-13(8-10-14)11-19-18(21)17-12-20(26(2,22)23)15-5-3-4-6-16(15)25-17/h3-10,17H,11-12H2,1-2H3,(H,19,21)/t17-/m0/s1. The van der Waals surface area contributed by atoms with E-state index >= 15 is 0 Å². The summed E-state index contributed by atoms with van der Waals surface area (Å²) in [6.07, 6.45) is 0.194. The predicted molar refractivity (Wildman–Crippen MR) is 97.9 cm³/mol. The number of sulfonamides is 1. The van der Waals surface area contributed by atoms with Gasteiger partial charge < -0.3 is 14.8 Å². The van der Waals surface area contributed by atoms with E-state index in [4.69, 9.17) is 9.47 Å². The molecule has 0 aliphatic carbocycles. The number of carbonyl (C=O) groups excluding carboxylic acids is 1. The molecule has 1 heterocycles. The summed E-state index contributed by atoms with van der Waals surface area (Å²) in [6, 6.07) is 14.1. The smallest absolute Gasteiger partial charge is 0.263 e. The third kappa shape index (κ3) is 3.91. The van der Waals surface area contributed by atoms with Gasteiger partial charge in [-0.25, -0.2) is 8.42 Å². The molecule has 0 fully saturated rings. The molecule has 138 valence electrons. The van der Waals surface area contributed by atoms with E-state index in [1.54, 1.807) is 43.5 Å². The molecule has 26 heavy (non-hydrogen) atoms. The van der Waals surface area contributed by atoms with Gasteiger partial charge >= 0.3 is 0 Å². The van der Waals surface area contributed by atoms with Gasteiger partial charge in [0.15, 0.2) is 6.10 Å². The minimum atomic E-state index is -3.52. The fourth-order valence-corrected chi connectivity index (χ4v) is 3.61. The number of ether oxygens (including phenoxy) is 2. The molecule has 0 radical (unpaired) electrons. The largest absolute Gasteiger partial charge is 0.497 e. The molecular formula is C18H20N2O5S. The Morgan fingerprint density at radius 1 is 1.23 bits per heavy atom. The first-order valence-electron chi connectivity index (χ1n) is 8.02. The molecule has 1 aliphatic heterocycles. The molecule has 1 aliphatic rings. The number of hydrogen-bond acceptors (Lipinski definition) is 5. The highest BCUT2D eigenvalue weighted by Crippen LogP contribution is 2.34. The number of methoxy groups -OCH3 is 1. The number of para-hydroxylation sites is 2. The van der Waals surface area contributed by atoms with Crippen LogP contribution in [0, 0.1) is 0 Å². The highest BCUT2D eigenvalue weighted by Gasteiger charge is 2.34. The van der Waals surface area contributed by atoms with Crippen LogP contribution in [0.5, 0.6) is 11.5 Å². The van der Waals surface area contributed by atoms with Gasteiger partial charge in [-0.3, -0.25) is 9.10 Å². The number of nitrogens with one attached hydrogen (secondary N) is 1. The van der Waals surface area contributed by atoms with Crippen LogP contribution in [0.25, 0.3) is 0 Å². The van der Waals surface area contributed by atoms with Crippen molar-refractivity contribution in [1.82, 2.24) is 5.32 Å². The Hall–Kier alpha value is -2.74. The summed E-state index contributed by atoms with van der Waals surface area (Å²) < 4.78 is 36.2. The van der Waals surface area contributed by atoms with Crippen LogP contribution in [0.1, 0.15) is 5.56 Å². The van der Waals surface area contributed by atoms with Gasteiger partial charge in [0.25, 0.3) is 5.91 Å². The number of nitrogens with zero attached hydrogens (tertiary/aromatic N) is 1. The molecule has 3 rings (SSSR count). The van der Waals surface area contributed by atoms with E-state index in [1.165, 1.54) is 4.31 Å². The predicted octanol–water partition coefficient (Wildman–Crippen LogP) is 1.54. The number of rotatable bonds is 5. The van der Waals surface area contributed by atoms with Gasteiger partial charge in [0, 0.05) is 6.54 Å². The molecule has 0 spiro atoms. The van der Waals surface area contributed by atoms with Gasteiger partial charge in [0.05, 0.1) is 25.6 Å². The van der Waals surface area contributed by atoms with E-state index in [1.807, 2.05) is 12.1 Å². The average Bonchev–Trinajstić information content (AvgIpc) is 2.64. The lowest BCUT2D eigenvalue weighted by molar-refractivity contribution is -0.127. The molecular weight excluding hydrogens is 356 g/mol. The number of hydrogen-bond donors (Lipinski definition) is 1. The van der Waals surface area contributed by atoms with Crippen LogP contribution in [-0.2, 0) is 21.4 Å². The zero-order valence-corrected chi connectivity index (χ0v) is 15.3. The summed E-state index contributed by atoms with van der Waals surface area (Å²) in [7, 11) is -1.94. The Morgan fingerprint density at radius 3 is 2.58 bits per heavy atom. The molecule has 1 atom stereocenters. The summed E-state index contributed by atoms with van der Waals surface area (Å²) in [4.78, 5) is 12.5. The molecule has 0 saturated heterocycles. The quantitative estimate of drug-likeness (QED) is 0.856. The fourth-order valence-electron chi connectivity index (χ4n) is 2.70. The monoisotopic (exact) mass is 376 g/mol.